The molecule has 150 valence electrons. The monoisotopic (exact) mass is 393 g/mol. The van der Waals surface area contributed by atoms with Gasteiger partial charge in [-0.1, -0.05) is 0 Å². The maximum atomic E-state index is 11.6. The number of carbonyl (C=O) groups is 1. The summed E-state index contributed by atoms with van der Waals surface area (Å²) in [6, 6.07) is 7.97. The molecule has 3 aromatic rings. The first-order chi connectivity index (χ1) is 14.1. The Morgan fingerprint density at radius 3 is 3.03 bits per heavy atom. The second-order valence-electron chi connectivity index (χ2n) is 7.61. The van der Waals surface area contributed by atoms with E-state index in [1.54, 1.807) is 6.33 Å². The molecule has 29 heavy (non-hydrogen) atoms. The molecule has 2 aromatic heterocycles. The van der Waals surface area contributed by atoms with Crippen molar-refractivity contribution in [1.82, 2.24) is 19.9 Å². The van der Waals surface area contributed by atoms with Crippen molar-refractivity contribution in [2.75, 3.05) is 25.0 Å². The summed E-state index contributed by atoms with van der Waals surface area (Å²) in [5.74, 6) is 1.58. The molecule has 4 heterocycles. The number of ether oxygens (including phenoxy) is 2. The molecule has 0 spiro atoms. The standard InChI is InChI=1S/C21H23N5O3/c1-12(14-8-19(27)23-10-14)29-21-20-17(24-11-26(20)2)9-15(25-21)13-3-4-18-16(7-13)22-5-6-28-18/h3-4,7,9,11-12,14,22H,5-6,8,10H2,1-2H3,(H,23,27)/t12-,14-/m1/s1. The third-order valence-electron chi connectivity index (χ3n) is 5.58. The highest BCUT2D eigenvalue weighted by Crippen LogP contribution is 2.35. The molecule has 8 heteroatoms. The number of nitrogens with zero attached hydrogens (tertiary/aromatic N) is 3. The first-order valence-corrected chi connectivity index (χ1v) is 9.85. The molecule has 2 N–H and O–H groups in total. The highest BCUT2D eigenvalue weighted by molar-refractivity contribution is 5.85. The average Bonchev–Trinajstić information content (AvgIpc) is 3.33. The van der Waals surface area contributed by atoms with Gasteiger partial charge in [0.2, 0.25) is 11.8 Å². The SMILES string of the molecule is C[C@@H](Oc1nc(-c2ccc3c(c2)NCCO3)cc2ncn(C)c12)[C@H]1CNC(=O)C1. The van der Waals surface area contributed by atoms with Gasteiger partial charge in [0.15, 0.2) is 0 Å². The third-order valence-corrected chi connectivity index (χ3v) is 5.58. The number of anilines is 1. The van der Waals surface area contributed by atoms with E-state index < -0.39 is 0 Å². The predicted octanol–water partition coefficient (Wildman–Crippen LogP) is 2.34. The molecule has 1 aromatic carbocycles. The number of aryl methyl sites for hydroxylation is 1. The summed E-state index contributed by atoms with van der Waals surface area (Å²) in [5, 5.41) is 6.23. The van der Waals surface area contributed by atoms with Gasteiger partial charge in [-0.05, 0) is 31.2 Å². The van der Waals surface area contributed by atoms with Crippen LogP contribution in [0, 0.1) is 5.92 Å². The number of amides is 1. The number of fused-ring (bicyclic) bond motifs is 2. The Balaban J connectivity index is 1.53. The molecule has 1 fully saturated rings. The van der Waals surface area contributed by atoms with Gasteiger partial charge in [-0.2, -0.15) is 0 Å². The summed E-state index contributed by atoms with van der Waals surface area (Å²) >= 11 is 0. The van der Waals surface area contributed by atoms with E-state index in [0.717, 1.165) is 40.3 Å². The van der Waals surface area contributed by atoms with Gasteiger partial charge in [0.25, 0.3) is 0 Å². The second-order valence-corrected chi connectivity index (χ2v) is 7.61. The Labute approximate surface area is 168 Å². The normalized spacial score (nSPS) is 19.2. The largest absolute Gasteiger partial charge is 0.490 e. The van der Waals surface area contributed by atoms with Crippen LogP contribution in [-0.4, -0.2) is 46.2 Å². The van der Waals surface area contributed by atoms with E-state index in [-0.39, 0.29) is 17.9 Å². The molecule has 2 aliphatic rings. The number of pyridine rings is 1. The van der Waals surface area contributed by atoms with Crippen LogP contribution in [0.3, 0.4) is 0 Å². The number of benzene rings is 1. The molecule has 8 nitrogen and oxygen atoms in total. The van der Waals surface area contributed by atoms with Crippen molar-refractivity contribution < 1.29 is 14.3 Å². The van der Waals surface area contributed by atoms with Gasteiger partial charge in [-0.3, -0.25) is 4.79 Å². The summed E-state index contributed by atoms with van der Waals surface area (Å²) in [7, 11) is 1.93. The lowest BCUT2D eigenvalue weighted by Gasteiger charge is -2.21. The van der Waals surface area contributed by atoms with Crippen LogP contribution in [-0.2, 0) is 11.8 Å². The number of nitrogens with one attached hydrogen (secondary N) is 2. The number of hydrogen-bond donors (Lipinski definition) is 2. The Kier molecular flexibility index (Phi) is 4.26. The maximum absolute atomic E-state index is 11.6. The summed E-state index contributed by atoms with van der Waals surface area (Å²) in [6.45, 7) is 4.06. The molecule has 0 radical (unpaired) electrons. The van der Waals surface area contributed by atoms with Gasteiger partial charge in [-0.15, -0.1) is 0 Å². The quantitative estimate of drug-likeness (QED) is 0.707. The van der Waals surface area contributed by atoms with E-state index in [1.807, 2.05) is 42.8 Å². The van der Waals surface area contributed by atoms with Gasteiger partial charge in [0.1, 0.15) is 24.0 Å². The Bertz CT molecular complexity index is 1090. The van der Waals surface area contributed by atoms with E-state index >= 15 is 0 Å². The minimum atomic E-state index is -0.145. The fraction of sp³-hybridized carbons (Fsp3) is 0.381. The molecule has 2 atom stereocenters. The highest BCUT2D eigenvalue weighted by Gasteiger charge is 2.29. The first-order valence-electron chi connectivity index (χ1n) is 9.85. The van der Waals surface area contributed by atoms with Crippen LogP contribution >= 0.6 is 0 Å². The molecular weight excluding hydrogens is 370 g/mol. The van der Waals surface area contributed by atoms with Crippen molar-refractivity contribution in [2.24, 2.45) is 13.0 Å². The summed E-state index contributed by atoms with van der Waals surface area (Å²) in [6.07, 6.45) is 2.09. The molecule has 5 rings (SSSR count). The van der Waals surface area contributed by atoms with Crippen molar-refractivity contribution in [3.8, 4) is 22.9 Å². The second kappa shape index (κ2) is 6.95. The van der Waals surface area contributed by atoms with Crippen molar-refractivity contribution in [3.63, 3.8) is 0 Å². The average molecular weight is 393 g/mol. The summed E-state index contributed by atoms with van der Waals surface area (Å²) < 4.78 is 13.9. The van der Waals surface area contributed by atoms with E-state index in [2.05, 4.69) is 15.6 Å². The first kappa shape index (κ1) is 17.8. The molecule has 0 bridgehead atoms. The fourth-order valence-corrected chi connectivity index (χ4v) is 3.90. The smallest absolute Gasteiger partial charge is 0.241 e. The number of aromatic nitrogens is 3. The van der Waals surface area contributed by atoms with E-state index in [4.69, 9.17) is 14.5 Å². The lowest BCUT2D eigenvalue weighted by Crippen LogP contribution is -2.26. The molecule has 1 amide bonds. The Morgan fingerprint density at radius 1 is 1.31 bits per heavy atom. The van der Waals surface area contributed by atoms with Gasteiger partial charge < -0.3 is 24.7 Å². The topological polar surface area (TPSA) is 90.3 Å². The number of imidazole rings is 1. The van der Waals surface area contributed by atoms with Gasteiger partial charge >= 0.3 is 0 Å². The van der Waals surface area contributed by atoms with Crippen molar-refractivity contribution >= 4 is 22.6 Å². The van der Waals surface area contributed by atoms with E-state index in [1.165, 1.54) is 0 Å². The number of carbonyl (C=O) groups excluding carboxylic acids is 1. The van der Waals surface area contributed by atoms with Crippen molar-refractivity contribution in [2.45, 2.75) is 19.4 Å². The fourth-order valence-electron chi connectivity index (χ4n) is 3.90. The number of hydrogen-bond acceptors (Lipinski definition) is 6. The lowest BCUT2D eigenvalue weighted by atomic mass is 10.0. The van der Waals surface area contributed by atoms with Crippen LogP contribution in [0.4, 0.5) is 5.69 Å². The molecule has 2 aliphatic heterocycles. The summed E-state index contributed by atoms with van der Waals surface area (Å²) in [4.78, 5) is 20.9. The molecule has 0 saturated carbocycles. The summed E-state index contributed by atoms with van der Waals surface area (Å²) in [5.41, 5.74) is 4.38. The zero-order valence-electron chi connectivity index (χ0n) is 16.4. The van der Waals surface area contributed by atoms with Crippen molar-refractivity contribution in [1.29, 1.82) is 0 Å². The van der Waals surface area contributed by atoms with Crippen LogP contribution in [0.5, 0.6) is 11.6 Å². The van der Waals surface area contributed by atoms with Crippen LogP contribution in [0.1, 0.15) is 13.3 Å². The molecule has 0 unspecified atom stereocenters. The van der Waals surface area contributed by atoms with Crippen LogP contribution in [0.25, 0.3) is 22.3 Å². The van der Waals surface area contributed by atoms with E-state index in [9.17, 15) is 4.79 Å². The van der Waals surface area contributed by atoms with Crippen molar-refractivity contribution in [3.05, 3.63) is 30.6 Å². The highest BCUT2D eigenvalue weighted by atomic mass is 16.5. The third kappa shape index (κ3) is 3.24. The van der Waals surface area contributed by atoms with Gasteiger partial charge in [0.05, 0.1) is 23.2 Å². The lowest BCUT2D eigenvalue weighted by molar-refractivity contribution is -0.119. The number of rotatable bonds is 4. The molecular formula is C21H23N5O3. The van der Waals surface area contributed by atoms with Crippen LogP contribution in [0.15, 0.2) is 30.6 Å². The zero-order valence-corrected chi connectivity index (χ0v) is 16.4. The maximum Gasteiger partial charge on any atom is 0.241 e. The van der Waals surface area contributed by atoms with Gasteiger partial charge in [-0.25, -0.2) is 9.97 Å². The van der Waals surface area contributed by atoms with E-state index in [0.29, 0.717) is 25.5 Å². The Hall–Kier alpha value is -3.29. The minimum Gasteiger partial charge on any atom is -0.490 e. The predicted molar refractivity (Wildman–Crippen MR) is 109 cm³/mol. The van der Waals surface area contributed by atoms with Crippen LogP contribution < -0.4 is 20.1 Å². The molecule has 0 aliphatic carbocycles. The van der Waals surface area contributed by atoms with Crippen LogP contribution in [0.2, 0.25) is 0 Å². The Morgan fingerprint density at radius 2 is 2.21 bits per heavy atom. The molecule has 1 saturated heterocycles. The zero-order chi connectivity index (χ0) is 20.0. The van der Waals surface area contributed by atoms with Gasteiger partial charge in [0, 0.05) is 38.0 Å². The minimum absolute atomic E-state index is 0.0709.